The molecule has 0 saturated heterocycles. The smallest absolute Gasteiger partial charge is 0.0723 e. The van der Waals surface area contributed by atoms with Crippen molar-refractivity contribution in [2.24, 2.45) is 0 Å². The Kier molecular flexibility index (Phi) is 7.10. The molecule has 0 spiro atoms. The van der Waals surface area contributed by atoms with E-state index in [1.54, 1.807) is 0 Å². The Bertz CT molecular complexity index is 369. The first kappa shape index (κ1) is 15.5. The molecule has 1 aliphatic carbocycles. The van der Waals surface area contributed by atoms with Crippen molar-refractivity contribution in [3.8, 4) is 0 Å². The van der Waals surface area contributed by atoms with Crippen molar-refractivity contribution in [1.82, 2.24) is 5.32 Å². The SMILES string of the molecule is CCNCCc1ccccc1COC1CCCCCC1. The van der Waals surface area contributed by atoms with Crippen molar-refractivity contribution in [2.45, 2.75) is 64.6 Å². The Morgan fingerprint density at radius 2 is 1.75 bits per heavy atom. The summed E-state index contributed by atoms with van der Waals surface area (Å²) in [6.45, 7) is 5.03. The first-order chi connectivity index (χ1) is 9.90. The normalized spacial score (nSPS) is 17.1. The molecule has 0 radical (unpaired) electrons. The van der Waals surface area contributed by atoms with Gasteiger partial charge in [-0.1, -0.05) is 56.9 Å². The van der Waals surface area contributed by atoms with Gasteiger partial charge in [0, 0.05) is 0 Å². The van der Waals surface area contributed by atoms with E-state index < -0.39 is 0 Å². The molecule has 2 nitrogen and oxygen atoms in total. The lowest BCUT2D eigenvalue weighted by atomic mass is 10.0. The predicted octanol–water partition coefficient (Wildman–Crippen LogP) is 4.08. The van der Waals surface area contributed by atoms with Crippen LogP contribution < -0.4 is 5.32 Å². The van der Waals surface area contributed by atoms with Gasteiger partial charge in [0.05, 0.1) is 12.7 Å². The molecule has 1 fully saturated rings. The van der Waals surface area contributed by atoms with E-state index in [1.807, 2.05) is 0 Å². The van der Waals surface area contributed by atoms with Gasteiger partial charge >= 0.3 is 0 Å². The topological polar surface area (TPSA) is 21.3 Å². The Morgan fingerprint density at radius 3 is 2.45 bits per heavy atom. The number of rotatable bonds is 7. The number of ether oxygens (including phenoxy) is 1. The number of nitrogens with one attached hydrogen (secondary N) is 1. The molecule has 1 N–H and O–H groups in total. The first-order valence-electron chi connectivity index (χ1n) is 8.29. The minimum Gasteiger partial charge on any atom is -0.374 e. The quantitative estimate of drug-likeness (QED) is 0.598. The van der Waals surface area contributed by atoms with E-state index in [1.165, 1.54) is 49.7 Å². The lowest BCUT2D eigenvalue weighted by molar-refractivity contribution is 0.0306. The summed E-state index contributed by atoms with van der Waals surface area (Å²) in [6, 6.07) is 8.72. The van der Waals surface area contributed by atoms with Crippen molar-refractivity contribution >= 4 is 0 Å². The fourth-order valence-electron chi connectivity index (χ4n) is 2.96. The zero-order chi connectivity index (χ0) is 14.0. The van der Waals surface area contributed by atoms with Crippen LogP contribution in [0.2, 0.25) is 0 Å². The average Bonchev–Trinajstić information content (AvgIpc) is 2.75. The van der Waals surface area contributed by atoms with Crippen LogP contribution in [0.25, 0.3) is 0 Å². The summed E-state index contributed by atoms with van der Waals surface area (Å²) in [6.07, 6.45) is 9.54. The van der Waals surface area contributed by atoms with Crippen LogP contribution in [0.5, 0.6) is 0 Å². The number of benzene rings is 1. The van der Waals surface area contributed by atoms with Crippen molar-refractivity contribution in [3.63, 3.8) is 0 Å². The molecule has 2 rings (SSSR count). The maximum absolute atomic E-state index is 6.18. The van der Waals surface area contributed by atoms with Gasteiger partial charge in [-0.25, -0.2) is 0 Å². The molecule has 112 valence electrons. The van der Waals surface area contributed by atoms with Crippen molar-refractivity contribution < 1.29 is 4.74 Å². The van der Waals surface area contributed by atoms with Gasteiger partial charge in [-0.05, 0) is 43.5 Å². The van der Waals surface area contributed by atoms with E-state index in [0.29, 0.717) is 6.10 Å². The standard InChI is InChI=1S/C18H29NO/c1-2-19-14-13-16-9-7-8-10-17(16)15-20-18-11-5-3-4-6-12-18/h7-10,18-19H,2-6,11-15H2,1H3. The maximum Gasteiger partial charge on any atom is 0.0723 e. The van der Waals surface area contributed by atoms with Crippen LogP contribution >= 0.6 is 0 Å². The van der Waals surface area contributed by atoms with Crippen LogP contribution in [-0.2, 0) is 17.8 Å². The minimum atomic E-state index is 0.485. The van der Waals surface area contributed by atoms with Crippen molar-refractivity contribution in [3.05, 3.63) is 35.4 Å². The molecule has 0 unspecified atom stereocenters. The second-order valence-electron chi connectivity index (χ2n) is 5.80. The Morgan fingerprint density at radius 1 is 1.05 bits per heavy atom. The summed E-state index contributed by atoms with van der Waals surface area (Å²) >= 11 is 0. The lowest BCUT2D eigenvalue weighted by Crippen LogP contribution is -2.17. The van der Waals surface area contributed by atoms with Crippen molar-refractivity contribution in [1.29, 1.82) is 0 Å². The van der Waals surface area contributed by atoms with E-state index >= 15 is 0 Å². The highest BCUT2D eigenvalue weighted by Crippen LogP contribution is 2.21. The highest BCUT2D eigenvalue weighted by molar-refractivity contribution is 5.26. The van der Waals surface area contributed by atoms with E-state index in [2.05, 4.69) is 36.5 Å². The summed E-state index contributed by atoms with van der Waals surface area (Å²) in [5.74, 6) is 0. The van der Waals surface area contributed by atoms with Gasteiger partial charge in [0.2, 0.25) is 0 Å². The molecule has 1 aliphatic rings. The highest BCUT2D eigenvalue weighted by Gasteiger charge is 2.13. The van der Waals surface area contributed by atoms with Gasteiger partial charge in [0.25, 0.3) is 0 Å². The van der Waals surface area contributed by atoms with Crippen LogP contribution in [0, 0.1) is 0 Å². The zero-order valence-corrected chi connectivity index (χ0v) is 12.9. The molecular weight excluding hydrogens is 246 g/mol. The predicted molar refractivity (Wildman–Crippen MR) is 85.0 cm³/mol. The van der Waals surface area contributed by atoms with Crippen LogP contribution in [0.15, 0.2) is 24.3 Å². The summed E-state index contributed by atoms with van der Waals surface area (Å²) in [5, 5.41) is 3.40. The number of likely N-dealkylation sites (N-methyl/N-ethyl adjacent to an activating group) is 1. The van der Waals surface area contributed by atoms with E-state index in [-0.39, 0.29) is 0 Å². The highest BCUT2D eigenvalue weighted by atomic mass is 16.5. The van der Waals surface area contributed by atoms with E-state index in [9.17, 15) is 0 Å². The van der Waals surface area contributed by atoms with Crippen LogP contribution in [0.3, 0.4) is 0 Å². The largest absolute Gasteiger partial charge is 0.374 e. The first-order valence-corrected chi connectivity index (χ1v) is 8.29. The van der Waals surface area contributed by atoms with Gasteiger partial charge in [-0.3, -0.25) is 0 Å². The lowest BCUT2D eigenvalue weighted by Gasteiger charge is -2.17. The maximum atomic E-state index is 6.18. The van der Waals surface area contributed by atoms with Gasteiger partial charge in [0.15, 0.2) is 0 Å². The molecule has 0 bridgehead atoms. The zero-order valence-electron chi connectivity index (χ0n) is 12.9. The van der Waals surface area contributed by atoms with Gasteiger partial charge < -0.3 is 10.1 Å². The molecular formula is C18H29NO. The van der Waals surface area contributed by atoms with Crippen LogP contribution in [0.1, 0.15) is 56.6 Å². The van der Waals surface area contributed by atoms with Gasteiger partial charge in [-0.15, -0.1) is 0 Å². The number of hydrogen-bond acceptors (Lipinski definition) is 2. The fraction of sp³-hybridized carbons (Fsp3) is 0.667. The van der Waals surface area contributed by atoms with Gasteiger partial charge in [-0.2, -0.15) is 0 Å². The van der Waals surface area contributed by atoms with Crippen molar-refractivity contribution in [2.75, 3.05) is 13.1 Å². The Balaban J connectivity index is 1.84. The summed E-state index contributed by atoms with van der Waals surface area (Å²) < 4.78 is 6.18. The molecule has 0 amide bonds. The summed E-state index contributed by atoms with van der Waals surface area (Å²) in [4.78, 5) is 0. The molecule has 1 saturated carbocycles. The second-order valence-corrected chi connectivity index (χ2v) is 5.80. The van der Waals surface area contributed by atoms with Crippen LogP contribution in [-0.4, -0.2) is 19.2 Å². The third kappa shape index (κ3) is 5.26. The molecule has 20 heavy (non-hydrogen) atoms. The third-order valence-electron chi connectivity index (χ3n) is 4.22. The minimum absolute atomic E-state index is 0.485. The molecule has 0 atom stereocenters. The Labute approximate surface area is 123 Å². The summed E-state index contributed by atoms with van der Waals surface area (Å²) in [5.41, 5.74) is 2.80. The Hall–Kier alpha value is -0.860. The van der Waals surface area contributed by atoms with Gasteiger partial charge in [0.1, 0.15) is 0 Å². The molecule has 2 heteroatoms. The monoisotopic (exact) mass is 275 g/mol. The average molecular weight is 275 g/mol. The molecule has 1 aromatic carbocycles. The molecule has 0 heterocycles. The number of hydrogen-bond donors (Lipinski definition) is 1. The fourth-order valence-corrected chi connectivity index (χ4v) is 2.96. The van der Waals surface area contributed by atoms with E-state index in [0.717, 1.165) is 26.1 Å². The van der Waals surface area contributed by atoms with E-state index in [4.69, 9.17) is 4.74 Å². The summed E-state index contributed by atoms with van der Waals surface area (Å²) in [7, 11) is 0. The third-order valence-corrected chi connectivity index (χ3v) is 4.22. The molecule has 0 aliphatic heterocycles. The van der Waals surface area contributed by atoms with Crippen LogP contribution in [0.4, 0.5) is 0 Å². The molecule has 0 aromatic heterocycles. The molecule has 1 aromatic rings. The second kappa shape index (κ2) is 9.15.